The third kappa shape index (κ3) is 4.27. The van der Waals surface area contributed by atoms with Gasteiger partial charge < -0.3 is 9.47 Å². The molecule has 5 nitrogen and oxygen atoms in total. The van der Waals surface area contributed by atoms with Crippen LogP contribution in [0, 0.1) is 0 Å². The van der Waals surface area contributed by atoms with Gasteiger partial charge in [-0.25, -0.2) is 4.79 Å². The van der Waals surface area contributed by atoms with Gasteiger partial charge in [0.05, 0.1) is 36.6 Å². The van der Waals surface area contributed by atoms with Crippen molar-refractivity contribution < 1.29 is 14.3 Å². The van der Waals surface area contributed by atoms with Gasteiger partial charge in [0.1, 0.15) is 0 Å². The second-order valence-electron chi connectivity index (χ2n) is 6.94. The van der Waals surface area contributed by atoms with Gasteiger partial charge in [-0.1, -0.05) is 41.9 Å². The van der Waals surface area contributed by atoms with Gasteiger partial charge in [0.2, 0.25) is 0 Å². The number of esters is 1. The Bertz CT molecular complexity index is 1020. The topological polar surface area (TPSA) is 51.7 Å². The van der Waals surface area contributed by atoms with Crippen LogP contribution >= 0.6 is 11.6 Å². The van der Waals surface area contributed by atoms with Crippen molar-refractivity contribution in [2.75, 3.05) is 32.9 Å². The zero-order valence-electron chi connectivity index (χ0n) is 16.4. The number of rotatable bonds is 5. The summed E-state index contributed by atoms with van der Waals surface area (Å²) in [4.78, 5) is 20.2. The summed E-state index contributed by atoms with van der Waals surface area (Å²) in [5.41, 5.74) is 3.80. The summed E-state index contributed by atoms with van der Waals surface area (Å²) < 4.78 is 10.9. The van der Waals surface area contributed by atoms with Gasteiger partial charge in [-0.05, 0) is 30.7 Å². The highest BCUT2D eigenvalue weighted by atomic mass is 35.5. The first-order valence-corrected chi connectivity index (χ1v) is 10.2. The van der Waals surface area contributed by atoms with Crippen molar-refractivity contribution in [1.82, 2.24) is 9.88 Å². The number of carbonyl (C=O) groups excluding carboxylic acids is 1. The molecule has 0 amide bonds. The van der Waals surface area contributed by atoms with Gasteiger partial charge in [0.25, 0.3) is 0 Å². The highest BCUT2D eigenvalue weighted by molar-refractivity contribution is 6.31. The Morgan fingerprint density at radius 1 is 1.17 bits per heavy atom. The van der Waals surface area contributed by atoms with Crippen molar-refractivity contribution in [2.45, 2.75) is 13.5 Å². The Balaban J connectivity index is 1.96. The van der Waals surface area contributed by atoms with Crippen molar-refractivity contribution in [3.05, 3.63) is 64.8 Å². The molecule has 0 N–H and O–H groups in total. The molecule has 1 aliphatic heterocycles. The SMILES string of the molecule is CCOC(=O)c1c(CN2CCOCC2)nc2ccc(Cl)cc2c1-c1ccccc1. The van der Waals surface area contributed by atoms with Crippen molar-refractivity contribution >= 4 is 28.5 Å². The number of carbonyl (C=O) groups is 1. The minimum Gasteiger partial charge on any atom is -0.462 e. The van der Waals surface area contributed by atoms with E-state index in [0.717, 1.165) is 40.8 Å². The van der Waals surface area contributed by atoms with Gasteiger partial charge in [-0.15, -0.1) is 0 Å². The fraction of sp³-hybridized carbons (Fsp3) is 0.304. The highest BCUT2D eigenvalue weighted by Crippen LogP contribution is 2.35. The van der Waals surface area contributed by atoms with E-state index >= 15 is 0 Å². The molecule has 3 aromatic rings. The Morgan fingerprint density at radius 3 is 2.66 bits per heavy atom. The molecule has 0 atom stereocenters. The van der Waals surface area contributed by atoms with Crippen LogP contribution in [0.2, 0.25) is 5.02 Å². The average molecular weight is 411 g/mol. The molecule has 6 heteroatoms. The first-order chi connectivity index (χ1) is 14.2. The van der Waals surface area contributed by atoms with Crippen molar-refractivity contribution in [3.8, 4) is 11.1 Å². The molecule has 0 saturated carbocycles. The molecule has 4 rings (SSSR count). The van der Waals surface area contributed by atoms with E-state index in [0.29, 0.717) is 37.0 Å². The number of fused-ring (bicyclic) bond motifs is 1. The Kier molecular flexibility index (Phi) is 6.09. The molecule has 0 radical (unpaired) electrons. The fourth-order valence-electron chi connectivity index (χ4n) is 3.70. The minimum atomic E-state index is -0.357. The Morgan fingerprint density at radius 2 is 1.93 bits per heavy atom. The Labute approximate surface area is 175 Å². The quantitative estimate of drug-likeness (QED) is 0.577. The number of aromatic nitrogens is 1. The first-order valence-electron chi connectivity index (χ1n) is 9.82. The van der Waals surface area contributed by atoms with E-state index in [1.54, 1.807) is 0 Å². The third-order valence-electron chi connectivity index (χ3n) is 5.04. The smallest absolute Gasteiger partial charge is 0.340 e. The summed E-state index contributed by atoms with van der Waals surface area (Å²) in [5, 5.41) is 1.45. The number of pyridine rings is 1. The van der Waals surface area contributed by atoms with Gasteiger partial charge >= 0.3 is 5.97 Å². The van der Waals surface area contributed by atoms with Gasteiger partial charge in [-0.2, -0.15) is 0 Å². The van der Waals surface area contributed by atoms with E-state index < -0.39 is 0 Å². The average Bonchev–Trinajstić information content (AvgIpc) is 2.74. The summed E-state index contributed by atoms with van der Waals surface area (Å²) in [6.45, 7) is 5.67. The molecule has 0 bridgehead atoms. The lowest BCUT2D eigenvalue weighted by Gasteiger charge is -2.27. The molecule has 0 spiro atoms. The first kappa shape index (κ1) is 19.8. The standard InChI is InChI=1S/C23H23ClN2O3/c1-2-29-23(27)22-20(15-26-10-12-28-13-11-26)25-19-9-8-17(24)14-18(19)21(22)16-6-4-3-5-7-16/h3-9,14H,2,10-13,15H2,1H3. The number of benzene rings is 2. The van der Waals surface area contributed by atoms with Gasteiger partial charge in [-0.3, -0.25) is 9.88 Å². The maximum Gasteiger partial charge on any atom is 0.340 e. The monoisotopic (exact) mass is 410 g/mol. The van der Waals surface area contributed by atoms with Crippen LogP contribution in [-0.4, -0.2) is 48.8 Å². The van der Waals surface area contributed by atoms with Gasteiger partial charge in [0, 0.05) is 35.6 Å². The fourth-order valence-corrected chi connectivity index (χ4v) is 3.87. The lowest BCUT2D eigenvalue weighted by Crippen LogP contribution is -2.36. The molecule has 2 heterocycles. The number of ether oxygens (including phenoxy) is 2. The molecule has 150 valence electrons. The summed E-state index contributed by atoms with van der Waals surface area (Å²) in [6.07, 6.45) is 0. The summed E-state index contributed by atoms with van der Waals surface area (Å²) in [5.74, 6) is -0.357. The molecule has 1 fully saturated rings. The molecule has 1 aromatic heterocycles. The van der Waals surface area contributed by atoms with E-state index in [4.69, 9.17) is 26.1 Å². The van der Waals surface area contributed by atoms with Crippen LogP contribution < -0.4 is 0 Å². The molecule has 1 aliphatic rings. The van der Waals surface area contributed by atoms with Crippen LogP contribution in [0.1, 0.15) is 23.0 Å². The van der Waals surface area contributed by atoms with Crippen molar-refractivity contribution in [3.63, 3.8) is 0 Å². The van der Waals surface area contributed by atoms with E-state index in [2.05, 4.69) is 4.90 Å². The van der Waals surface area contributed by atoms with Crippen LogP contribution in [0.4, 0.5) is 0 Å². The molecule has 0 unspecified atom stereocenters. The predicted octanol–water partition coefficient (Wildman–Crippen LogP) is 4.56. The summed E-state index contributed by atoms with van der Waals surface area (Å²) >= 11 is 6.30. The van der Waals surface area contributed by atoms with Crippen LogP contribution in [0.5, 0.6) is 0 Å². The molecular formula is C23H23ClN2O3. The van der Waals surface area contributed by atoms with Crippen LogP contribution in [-0.2, 0) is 16.0 Å². The number of morpholine rings is 1. The molecular weight excluding hydrogens is 388 g/mol. The highest BCUT2D eigenvalue weighted by Gasteiger charge is 2.25. The maximum atomic E-state index is 13.1. The Hall–Kier alpha value is -2.47. The lowest BCUT2D eigenvalue weighted by atomic mass is 9.93. The number of hydrogen-bond donors (Lipinski definition) is 0. The molecule has 1 saturated heterocycles. The zero-order valence-corrected chi connectivity index (χ0v) is 17.1. The second kappa shape index (κ2) is 8.91. The van der Waals surface area contributed by atoms with E-state index in [9.17, 15) is 4.79 Å². The number of nitrogens with zero attached hydrogens (tertiary/aromatic N) is 2. The zero-order chi connectivity index (χ0) is 20.2. The predicted molar refractivity (Wildman–Crippen MR) is 114 cm³/mol. The van der Waals surface area contributed by atoms with Crippen molar-refractivity contribution in [1.29, 1.82) is 0 Å². The number of hydrogen-bond acceptors (Lipinski definition) is 5. The third-order valence-corrected chi connectivity index (χ3v) is 5.28. The summed E-state index contributed by atoms with van der Waals surface area (Å²) in [7, 11) is 0. The minimum absolute atomic E-state index is 0.303. The molecule has 2 aromatic carbocycles. The van der Waals surface area contributed by atoms with Crippen LogP contribution in [0.15, 0.2) is 48.5 Å². The van der Waals surface area contributed by atoms with Crippen LogP contribution in [0.3, 0.4) is 0 Å². The molecule has 29 heavy (non-hydrogen) atoms. The number of halogens is 1. The van der Waals surface area contributed by atoms with Crippen molar-refractivity contribution in [2.24, 2.45) is 0 Å². The van der Waals surface area contributed by atoms with E-state index in [1.807, 2.05) is 55.5 Å². The second-order valence-corrected chi connectivity index (χ2v) is 7.38. The van der Waals surface area contributed by atoms with Gasteiger partial charge in [0.15, 0.2) is 0 Å². The largest absolute Gasteiger partial charge is 0.462 e. The summed E-state index contributed by atoms with van der Waals surface area (Å²) in [6, 6.07) is 15.5. The van der Waals surface area contributed by atoms with Crippen LogP contribution in [0.25, 0.3) is 22.0 Å². The van der Waals surface area contributed by atoms with E-state index in [1.165, 1.54) is 0 Å². The molecule has 0 aliphatic carbocycles. The maximum absolute atomic E-state index is 13.1. The normalized spacial score (nSPS) is 14.8. The van der Waals surface area contributed by atoms with E-state index in [-0.39, 0.29) is 5.97 Å². The lowest BCUT2D eigenvalue weighted by molar-refractivity contribution is 0.0331.